The standard InChI is InChI=1S/C17H19N3O4S/c1-23-16-9-13-7-8-20(15(13)10-17(16)24-2)14-5-3-12(4-6-14)11-19-25(18,21)22/h3-10,19H,11H2,1-2H3,(H2,18,21,22). The summed E-state index contributed by atoms with van der Waals surface area (Å²) in [6, 6.07) is 13.4. The molecule has 0 fully saturated rings. The van der Waals surface area contributed by atoms with Gasteiger partial charge in [-0.05, 0) is 29.8 Å². The Bertz CT molecular complexity index is 995. The van der Waals surface area contributed by atoms with E-state index in [9.17, 15) is 8.42 Å². The van der Waals surface area contributed by atoms with Crippen molar-refractivity contribution < 1.29 is 17.9 Å². The third kappa shape index (κ3) is 3.76. The summed E-state index contributed by atoms with van der Waals surface area (Å²) in [5.41, 5.74) is 2.74. The summed E-state index contributed by atoms with van der Waals surface area (Å²) < 4.78 is 36.9. The smallest absolute Gasteiger partial charge is 0.274 e. The SMILES string of the molecule is COc1cc2ccn(-c3ccc(CNS(N)(=O)=O)cc3)c2cc1OC. The summed E-state index contributed by atoms with van der Waals surface area (Å²) in [5, 5.41) is 5.96. The number of methoxy groups -OCH3 is 2. The highest BCUT2D eigenvalue weighted by molar-refractivity contribution is 7.87. The molecule has 2 aromatic carbocycles. The molecule has 3 N–H and O–H groups in total. The van der Waals surface area contributed by atoms with Crippen LogP contribution < -0.4 is 19.3 Å². The fourth-order valence-corrected chi connectivity index (χ4v) is 3.01. The van der Waals surface area contributed by atoms with Crippen molar-refractivity contribution in [1.29, 1.82) is 0 Å². The fraction of sp³-hybridized carbons (Fsp3) is 0.176. The van der Waals surface area contributed by atoms with E-state index in [1.165, 1.54) is 0 Å². The molecule has 3 rings (SSSR count). The van der Waals surface area contributed by atoms with Gasteiger partial charge in [-0.15, -0.1) is 0 Å². The van der Waals surface area contributed by atoms with Crippen molar-refractivity contribution in [1.82, 2.24) is 9.29 Å². The van der Waals surface area contributed by atoms with Crippen molar-refractivity contribution in [3.8, 4) is 17.2 Å². The first kappa shape index (κ1) is 17.3. The Labute approximate surface area is 146 Å². The van der Waals surface area contributed by atoms with Crippen molar-refractivity contribution in [2.75, 3.05) is 14.2 Å². The highest BCUT2D eigenvalue weighted by Gasteiger charge is 2.10. The molecular formula is C17H19N3O4S. The molecule has 7 nitrogen and oxygen atoms in total. The van der Waals surface area contributed by atoms with Crippen LogP contribution in [-0.4, -0.2) is 27.2 Å². The molecular weight excluding hydrogens is 342 g/mol. The van der Waals surface area contributed by atoms with E-state index in [4.69, 9.17) is 14.6 Å². The van der Waals surface area contributed by atoms with Crippen molar-refractivity contribution in [2.45, 2.75) is 6.54 Å². The summed E-state index contributed by atoms with van der Waals surface area (Å²) in [7, 11) is -0.492. The van der Waals surface area contributed by atoms with Gasteiger partial charge < -0.3 is 14.0 Å². The maximum atomic E-state index is 11.0. The van der Waals surface area contributed by atoms with Crippen LogP contribution in [0.2, 0.25) is 0 Å². The van der Waals surface area contributed by atoms with Gasteiger partial charge in [-0.2, -0.15) is 13.1 Å². The van der Waals surface area contributed by atoms with Crippen LogP contribution in [-0.2, 0) is 16.8 Å². The molecule has 1 aromatic heterocycles. The van der Waals surface area contributed by atoms with E-state index in [0.717, 1.165) is 22.2 Å². The summed E-state index contributed by atoms with van der Waals surface area (Å²) in [4.78, 5) is 0. The summed E-state index contributed by atoms with van der Waals surface area (Å²) in [5.74, 6) is 1.33. The number of rotatable bonds is 6. The normalized spacial score (nSPS) is 11.6. The first-order valence-corrected chi connectivity index (χ1v) is 9.05. The summed E-state index contributed by atoms with van der Waals surface area (Å²) >= 11 is 0. The van der Waals surface area contributed by atoms with Gasteiger partial charge in [0.25, 0.3) is 10.2 Å². The topological polar surface area (TPSA) is 95.6 Å². The Kier molecular flexibility index (Phi) is 4.67. The van der Waals surface area contributed by atoms with Gasteiger partial charge in [0.15, 0.2) is 11.5 Å². The number of hydrogen-bond acceptors (Lipinski definition) is 4. The highest BCUT2D eigenvalue weighted by Crippen LogP contribution is 2.33. The zero-order valence-corrected chi connectivity index (χ0v) is 14.7. The van der Waals surface area contributed by atoms with Crippen molar-refractivity contribution >= 4 is 21.1 Å². The van der Waals surface area contributed by atoms with Crippen molar-refractivity contribution in [3.05, 3.63) is 54.2 Å². The Hall–Kier alpha value is -2.55. The molecule has 0 unspecified atom stereocenters. The minimum atomic E-state index is -3.70. The lowest BCUT2D eigenvalue weighted by Gasteiger charge is -2.11. The van der Waals surface area contributed by atoms with E-state index in [1.807, 2.05) is 53.2 Å². The second kappa shape index (κ2) is 6.75. The molecule has 8 heteroatoms. The molecule has 1 heterocycles. The maximum absolute atomic E-state index is 11.0. The third-order valence-electron chi connectivity index (χ3n) is 3.89. The Morgan fingerprint density at radius 2 is 1.68 bits per heavy atom. The van der Waals surface area contributed by atoms with E-state index in [0.29, 0.717) is 11.5 Å². The van der Waals surface area contributed by atoms with Gasteiger partial charge in [-0.3, -0.25) is 0 Å². The molecule has 0 saturated carbocycles. The fourth-order valence-electron chi connectivity index (χ4n) is 2.64. The first-order valence-electron chi connectivity index (χ1n) is 7.51. The molecule has 0 radical (unpaired) electrons. The molecule has 25 heavy (non-hydrogen) atoms. The van der Waals surface area contributed by atoms with Crippen LogP contribution in [0.4, 0.5) is 0 Å². The molecule has 0 spiro atoms. The summed E-state index contributed by atoms with van der Waals surface area (Å²) in [6.45, 7) is 0.149. The van der Waals surface area contributed by atoms with Gasteiger partial charge in [0, 0.05) is 29.9 Å². The molecule has 0 aliphatic carbocycles. The number of hydrogen-bond donors (Lipinski definition) is 2. The van der Waals surface area contributed by atoms with Crippen LogP contribution in [0.25, 0.3) is 16.6 Å². The lowest BCUT2D eigenvalue weighted by atomic mass is 10.2. The van der Waals surface area contributed by atoms with Crippen LogP contribution in [0, 0.1) is 0 Å². The lowest BCUT2D eigenvalue weighted by Crippen LogP contribution is -2.30. The zero-order chi connectivity index (χ0) is 18.0. The van der Waals surface area contributed by atoms with E-state index >= 15 is 0 Å². The number of nitrogens with two attached hydrogens (primary N) is 1. The highest BCUT2D eigenvalue weighted by atomic mass is 32.2. The van der Waals surface area contributed by atoms with Crippen LogP contribution in [0.3, 0.4) is 0 Å². The number of fused-ring (bicyclic) bond motifs is 1. The average molecular weight is 361 g/mol. The minimum Gasteiger partial charge on any atom is -0.493 e. The lowest BCUT2D eigenvalue weighted by molar-refractivity contribution is 0.356. The van der Waals surface area contributed by atoms with Gasteiger partial charge in [-0.1, -0.05) is 12.1 Å². The van der Waals surface area contributed by atoms with Crippen molar-refractivity contribution in [3.63, 3.8) is 0 Å². The average Bonchev–Trinajstić information content (AvgIpc) is 3.01. The Morgan fingerprint density at radius 3 is 2.28 bits per heavy atom. The maximum Gasteiger partial charge on any atom is 0.274 e. The molecule has 0 aliphatic rings. The number of nitrogens with zero attached hydrogens (tertiary/aromatic N) is 1. The van der Waals surface area contributed by atoms with Crippen molar-refractivity contribution in [2.24, 2.45) is 5.14 Å². The van der Waals surface area contributed by atoms with Crippen LogP contribution in [0.5, 0.6) is 11.5 Å². The number of nitrogens with one attached hydrogen (secondary N) is 1. The zero-order valence-electron chi connectivity index (χ0n) is 13.9. The van der Waals surface area contributed by atoms with Gasteiger partial charge in [0.2, 0.25) is 0 Å². The molecule has 0 aliphatic heterocycles. The predicted molar refractivity (Wildman–Crippen MR) is 96.3 cm³/mol. The first-order chi connectivity index (χ1) is 11.9. The van der Waals surface area contributed by atoms with Gasteiger partial charge in [0.05, 0.1) is 19.7 Å². The molecule has 0 amide bonds. The van der Waals surface area contributed by atoms with Crippen LogP contribution >= 0.6 is 0 Å². The monoisotopic (exact) mass is 361 g/mol. The van der Waals surface area contributed by atoms with E-state index in [-0.39, 0.29) is 6.54 Å². The van der Waals surface area contributed by atoms with E-state index in [1.54, 1.807) is 14.2 Å². The molecule has 0 saturated heterocycles. The van der Waals surface area contributed by atoms with Gasteiger partial charge in [0.1, 0.15) is 0 Å². The Balaban J connectivity index is 1.94. The number of ether oxygens (including phenoxy) is 2. The van der Waals surface area contributed by atoms with E-state index in [2.05, 4.69) is 4.72 Å². The second-order valence-corrected chi connectivity index (χ2v) is 6.86. The van der Waals surface area contributed by atoms with Crippen LogP contribution in [0.1, 0.15) is 5.56 Å². The third-order valence-corrected chi connectivity index (χ3v) is 4.43. The predicted octanol–water partition coefficient (Wildman–Crippen LogP) is 1.94. The van der Waals surface area contributed by atoms with Gasteiger partial charge >= 0.3 is 0 Å². The van der Waals surface area contributed by atoms with Gasteiger partial charge in [-0.25, -0.2) is 5.14 Å². The minimum absolute atomic E-state index is 0.149. The van der Waals surface area contributed by atoms with E-state index < -0.39 is 10.2 Å². The Morgan fingerprint density at radius 1 is 1.04 bits per heavy atom. The summed E-state index contributed by atoms with van der Waals surface area (Å²) in [6.07, 6.45) is 1.96. The number of aromatic nitrogens is 1. The molecule has 3 aromatic rings. The molecule has 0 bridgehead atoms. The molecule has 0 atom stereocenters. The molecule has 132 valence electrons. The second-order valence-electron chi connectivity index (χ2n) is 5.48. The number of benzene rings is 2. The quantitative estimate of drug-likeness (QED) is 0.701. The van der Waals surface area contributed by atoms with Crippen LogP contribution in [0.15, 0.2) is 48.7 Å². The largest absolute Gasteiger partial charge is 0.493 e.